The number of rotatable bonds is 2. The van der Waals surface area contributed by atoms with Crippen LogP contribution in [0.2, 0.25) is 0 Å². The summed E-state index contributed by atoms with van der Waals surface area (Å²) in [4.78, 5) is 2.47. The van der Waals surface area contributed by atoms with Crippen LogP contribution in [0.15, 0.2) is 0 Å². The highest BCUT2D eigenvalue weighted by atomic mass is 16.5. The van der Waals surface area contributed by atoms with Crippen LogP contribution in [0.25, 0.3) is 0 Å². The molecular weight excluding hydrogens is 188 g/mol. The minimum Gasteiger partial charge on any atom is -0.379 e. The second kappa shape index (κ2) is 4.52. The molecule has 0 amide bonds. The fraction of sp³-hybridized carbons (Fsp3) is 0.833. The summed E-state index contributed by atoms with van der Waals surface area (Å²) >= 11 is 0. The molecule has 1 aliphatic carbocycles. The number of ether oxygens (including phenoxy) is 1. The van der Waals surface area contributed by atoms with Crippen molar-refractivity contribution in [1.29, 1.82) is 0 Å². The second-order valence-electron chi connectivity index (χ2n) is 4.55. The molecule has 1 unspecified atom stereocenters. The topological polar surface area (TPSA) is 38.5 Å². The van der Waals surface area contributed by atoms with Crippen molar-refractivity contribution < 1.29 is 4.74 Å². The molecule has 1 atom stereocenters. The number of hydrogen-bond acceptors (Lipinski definition) is 3. The molecule has 3 nitrogen and oxygen atoms in total. The van der Waals surface area contributed by atoms with Crippen LogP contribution in [-0.2, 0) is 4.74 Å². The van der Waals surface area contributed by atoms with Gasteiger partial charge in [0.15, 0.2) is 0 Å². The molecule has 0 spiro atoms. The summed E-state index contributed by atoms with van der Waals surface area (Å²) in [5.74, 6) is 2.74. The van der Waals surface area contributed by atoms with Crippen molar-refractivity contribution >= 4 is 0 Å². The van der Waals surface area contributed by atoms with Crippen LogP contribution in [0.5, 0.6) is 0 Å². The summed E-state index contributed by atoms with van der Waals surface area (Å²) in [5.41, 5.74) is 6.19. The second-order valence-corrected chi connectivity index (χ2v) is 4.55. The molecule has 84 valence electrons. The first-order valence-corrected chi connectivity index (χ1v) is 5.84. The lowest BCUT2D eigenvalue weighted by Crippen LogP contribution is -2.60. The van der Waals surface area contributed by atoms with Crippen LogP contribution in [0.3, 0.4) is 0 Å². The summed E-state index contributed by atoms with van der Waals surface area (Å²) < 4.78 is 5.38. The molecule has 0 bridgehead atoms. The zero-order valence-electron chi connectivity index (χ0n) is 9.24. The van der Waals surface area contributed by atoms with E-state index < -0.39 is 0 Å². The van der Waals surface area contributed by atoms with E-state index in [0.717, 1.165) is 39.1 Å². The minimum atomic E-state index is -0.127. The zero-order chi connectivity index (χ0) is 10.7. The smallest absolute Gasteiger partial charge is 0.0848 e. The third-order valence-electron chi connectivity index (χ3n) is 3.87. The first-order valence-electron chi connectivity index (χ1n) is 5.84. The lowest BCUT2D eigenvalue weighted by atomic mass is 9.86. The minimum absolute atomic E-state index is 0.0680. The van der Waals surface area contributed by atoms with Gasteiger partial charge in [0.2, 0.25) is 0 Å². The van der Waals surface area contributed by atoms with Gasteiger partial charge in [-0.1, -0.05) is 18.8 Å². The maximum atomic E-state index is 6.13. The summed E-state index contributed by atoms with van der Waals surface area (Å²) in [7, 11) is 0. The van der Waals surface area contributed by atoms with Crippen LogP contribution in [0, 0.1) is 12.3 Å². The number of terminal acetylenes is 1. The van der Waals surface area contributed by atoms with Gasteiger partial charge in [0.25, 0.3) is 0 Å². The average molecular weight is 208 g/mol. The third kappa shape index (κ3) is 1.90. The Morgan fingerprint density at radius 3 is 2.40 bits per heavy atom. The lowest BCUT2D eigenvalue weighted by Gasteiger charge is -2.45. The lowest BCUT2D eigenvalue weighted by molar-refractivity contribution is -0.0243. The van der Waals surface area contributed by atoms with Gasteiger partial charge in [-0.2, -0.15) is 0 Å². The number of hydrogen-bond donors (Lipinski definition) is 1. The normalized spacial score (nSPS) is 28.5. The molecule has 15 heavy (non-hydrogen) atoms. The van der Waals surface area contributed by atoms with Gasteiger partial charge in [0.05, 0.1) is 19.3 Å². The van der Waals surface area contributed by atoms with Gasteiger partial charge in [0, 0.05) is 18.6 Å². The average Bonchev–Trinajstić information content (AvgIpc) is 2.79. The Hall–Kier alpha value is -0.560. The van der Waals surface area contributed by atoms with Crippen LogP contribution in [-0.4, -0.2) is 42.8 Å². The molecule has 0 aromatic heterocycles. The molecule has 1 saturated heterocycles. The molecule has 1 saturated carbocycles. The van der Waals surface area contributed by atoms with Crippen LogP contribution in [0.1, 0.15) is 25.7 Å². The van der Waals surface area contributed by atoms with Gasteiger partial charge < -0.3 is 10.5 Å². The summed E-state index contributed by atoms with van der Waals surface area (Å²) in [6, 6.07) is -0.127. The number of morpholine rings is 1. The SMILES string of the molecule is C#CC(N)C1(N2CCOCC2)CCCC1. The van der Waals surface area contributed by atoms with Crippen molar-refractivity contribution in [3.8, 4) is 12.3 Å². The third-order valence-corrected chi connectivity index (χ3v) is 3.87. The highest BCUT2D eigenvalue weighted by Crippen LogP contribution is 2.37. The molecule has 2 fully saturated rings. The Balaban J connectivity index is 2.14. The molecule has 1 aliphatic heterocycles. The fourth-order valence-corrected chi connectivity index (χ4v) is 2.97. The number of nitrogens with two attached hydrogens (primary N) is 1. The Kier molecular flexibility index (Phi) is 3.30. The van der Waals surface area contributed by atoms with Crippen LogP contribution >= 0.6 is 0 Å². The molecule has 0 aromatic rings. The first-order chi connectivity index (χ1) is 7.29. The molecule has 2 rings (SSSR count). The van der Waals surface area contributed by atoms with Crippen molar-refractivity contribution in [2.24, 2.45) is 5.73 Å². The zero-order valence-corrected chi connectivity index (χ0v) is 9.24. The van der Waals surface area contributed by atoms with E-state index in [1.54, 1.807) is 0 Å². The van der Waals surface area contributed by atoms with Gasteiger partial charge >= 0.3 is 0 Å². The molecule has 2 aliphatic rings. The Morgan fingerprint density at radius 1 is 1.27 bits per heavy atom. The quantitative estimate of drug-likeness (QED) is 0.675. The van der Waals surface area contributed by atoms with E-state index in [-0.39, 0.29) is 11.6 Å². The molecule has 0 aromatic carbocycles. The van der Waals surface area contributed by atoms with Crippen molar-refractivity contribution in [3.63, 3.8) is 0 Å². The van der Waals surface area contributed by atoms with Gasteiger partial charge in [0.1, 0.15) is 0 Å². The summed E-state index contributed by atoms with van der Waals surface area (Å²) in [5, 5.41) is 0. The fourth-order valence-electron chi connectivity index (χ4n) is 2.97. The standard InChI is InChI=1S/C12H20N2O/c1-2-11(13)12(5-3-4-6-12)14-7-9-15-10-8-14/h1,11H,3-10,13H2. The highest BCUT2D eigenvalue weighted by molar-refractivity contribution is 5.14. The van der Waals surface area contributed by atoms with Crippen molar-refractivity contribution in [1.82, 2.24) is 4.90 Å². The van der Waals surface area contributed by atoms with Gasteiger partial charge in [-0.05, 0) is 12.8 Å². The highest BCUT2D eigenvalue weighted by Gasteiger charge is 2.44. The van der Waals surface area contributed by atoms with Gasteiger partial charge in [-0.25, -0.2) is 0 Å². The van der Waals surface area contributed by atoms with Crippen LogP contribution < -0.4 is 5.73 Å². The van der Waals surface area contributed by atoms with Crippen molar-refractivity contribution in [2.75, 3.05) is 26.3 Å². The van der Waals surface area contributed by atoms with E-state index in [2.05, 4.69) is 10.8 Å². The monoisotopic (exact) mass is 208 g/mol. The van der Waals surface area contributed by atoms with Gasteiger partial charge in [-0.15, -0.1) is 6.42 Å². The summed E-state index contributed by atoms with van der Waals surface area (Å²) in [6.07, 6.45) is 10.3. The number of nitrogens with zero attached hydrogens (tertiary/aromatic N) is 1. The maximum absolute atomic E-state index is 6.13. The van der Waals surface area contributed by atoms with Crippen LogP contribution in [0.4, 0.5) is 0 Å². The van der Waals surface area contributed by atoms with E-state index in [1.807, 2.05) is 0 Å². The Morgan fingerprint density at radius 2 is 1.87 bits per heavy atom. The van der Waals surface area contributed by atoms with E-state index in [4.69, 9.17) is 16.9 Å². The van der Waals surface area contributed by atoms with E-state index in [1.165, 1.54) is 12.8 Å². The van der Waals surface area contributed by atoms with E-state index in [0.29, 0.717) is 0 Å². The molecule has 0 radical (unpaired) electrons. The van der Waals surface area contributed by atoms with E-state index in [9.17, 15) is 0 Å². The predicted molar refractivity (Wildman–Crippen MR) is 60.4 cm³/mol. The molecule has 2 N–H and O–H groups in total. The largest absolute Gasteiger partial charge is 0.379 e. The van der Waals surface area contributed by atoms with Crippen molar-refractivity contribution in [2.45, 2.75) is 37.3 Å². The molecule has 1 heterocycles. The van der Waals surface area contributed by atoms with Gasteiger partial charge in [-0.3, -0.25) is 4.90 Å². The maximum Gasteiger partial charge on any atom is 0.0848 e. The predicted octanol–water partition coefficient (Wildman–Crippen LogP) is 0.592. The first kappa shape index (κ1) is 10.9. The summed E-state index contributed by atoms with van der Waals surface area (Å²) in [6.45, 7) is 3.60. The van der Waals surface area contributed by atoms with Crippen molar-refractivity contribution in [3.05, 3.63) is 0 Å². The Labute approximate surface area is 92.0 Å². The Bertz CT molecular complexity index is 247. The molecule has 3 heteroatoms. The molecular formula is C12H20N2O. The van der Waals surface area contributed by atoms with E-state index >= 15 is 0 Å².